The maximum absolute atomic E-state index is 12.7. The van der Waals surface area contributed by atoms with Gasteiger partial charge in [0.2, 0.25) is 0 Å². The number of carbonyl (C=O) groups is 1. The Balaban J connectivity index is 1.73. The molecule has 27 heavy (non-hydrogen) atoms. The Hall–Kier alpha value is -2.77. The van der Waals surface area contributed by atoms with Gasteiger partial charge >= 0.3 is 0 Å². The smallest absolute Gasteiger partial charge is 0.258 e. The van der Waals surface area contributed by atoms with Gasteiger partial charge in [0.05, 0.1) is 26.4 Å². The first-order valence-corrected chi connectivity index (χ1v) is 10.9. The lowest BCUT2D eigenvalue weighted by Gasteiger charge is -2.08. The van der Waals surface area contributed by atoms with Gasteiger partial charge in [-0.1, -0.05) is 60.7 Å². The van der Waals surface area contributed by atoms with Crippen molar-refractivity contribution in [2.45, 2.75) is 11.8 Å². The van der Waals surface area contributed by atoms with E-state index in [0.717, 1.165) is 21.0 Å². The highest BCUT2D eigenvalue weighted by atomic mass is 32.2. The van der Waals surface area contributed by atoms with Gasteiger partial charge < -0.3 is 0 Å². The van der Waals surface area contributed by atoms with Crippen LogP contribution in [0.4, 0.5) is 5.13 Å². The van der Waals surface area contributed by atoms with Crippen LogP contribution in [0.25, 0.3) is 21.0 Å². The number of aromatic nitrogens is 1. The average Bonchev–Trinajstić information content (AvgIpc) is 3.11. The van der Waals surface area contributed by atoms with Gasteiger partial charge in [-0.2, -0.15) is 0 Å². The number of nitrogens with zero attached hydrogens (tertiary/aromatic N) is 1. The quantitative estimate of drug-likeness (QED) is 0.551. The summed E-state index contributed by atoms with van der Waals surface area (Å²) in [7, 11) is -3.50. The first kappa shape index (κ1) is 17.6. The SMILES string of the molecule is CCS(=O)(=O)c1ccccc1C(=O)Nc1nc2ccc3ccccc3c2s1. The normalized spacial score (nSPS) is 11.7. The molecule has 0 atom stereocenters. The Kier molecular flexibility index (Phi) is 4.41. The summed E-state index contributed by atoms with van der Waals surface area (Å²) in [5.41, 5.74) is 0.923. The molecule has 1 heterocycles. The van der Waals surface area contributed by atoms with Crippen molar-refractivity contribution >= 4 is 53.2 Å². The Bertz CT molecular complexity index is 1280. The zero-order chi connectivity index (χ0) is 19.0. The minimum Gasteiger partial charge on any atom is -0.298 e. The summed E-state index contributed by atoms with van der Waals surface area (Å²) in [4.78, 5) is 17.2. The van der Waals surface area contributed by atoms with E-state index in [2.05, 4.69) is 10.3 Å². The van der Waals surface area contributed by atoms with Crippen LogP contribution in [-0.2, 0) is 9.84 Å². The Morgan fingerprint density at radius 2 is 1.78 bits per heavy atom. The summed E-state index contributed by atoms with van der Waals surface area (Å²) in [5.74, 6) is -0.546. The second-order valence-corrected chi connectivity index (χ2v) is 9.25. The summed E-state index contributed by atoms with van der Waals surface area (Å²) in [6.45, 7) is 1.56. The van der Waals surface area contributed by atoms with Gasteiger partial charge in [-0.15, -0.1) is 0 Å². The highest BCUT2D eigenvalue weighted by Gasteiger charge is 2.21. The molecule has 0 radical (unpaired) electrons. The van der Waals surface area contributed by atoms with Gasteiger partial charge in [0.15, 0.2) is 15.0 Å². The largest absolute Gasteiger partial charge is 0.298 e. The number of fused-ring (bicyclic) bond motifs is 3. The molecule has 4 rings (SSSR count). The maximum atomic E-state index is 12.7. The predicted octanol–water partition coefficient (Wildman–Crippen LogP) is 4.50. The molecule has 0 fully saturated rings. The van der Waals surface area contributed by atoms with Crippen LogP contribution < -0.4 is 5.32 Å². The van der Waals surface area contributed by atoms with Crippen LogP contribution >= 0.6 is 11.3 Å². The predicted molar refractivity (Wildman–Crippen MR) is 109 cm³/mol. The number of hydrogen-bond donors (Lipinski definition) is 1. The fraction of sp³-hybridized carbons (Fsp3) is 0.100. The van der Waals surface area contributed by atoms with Crippen molar-refractivity contribution in [3.8, 4) is 0 Å². The monoisotopic (exact) mass is 396 g/mol. The summed E-state index contributed by atoms with van der Waals surface area (Å²) in [6, 6.07) is 18.1. The van der Waals surface area contributed by atoms with Crippen molar-refractivity contribution in [1.29, 1.82) is 0 Å². The van der Waals surface area contributed by atoms with E-state index in [1.54, 1.807) is 19.1 Å². The lowest BCUT2D eigenvalue weighted by Crippen LogP contribution is -2.17. The maximum Gasteiger partial charge on any atom is 0.258 e. The molecule has 136 valence electrons. The zero-order valence-electron chi connectivity index (χ0n) is 14.5. The standard InChI is InChI=1S/C20H16N2O3S2/c1-2-27(24,25)17-10-6-5-9-15(17)19(23)22-20-21-16-12-11-13-7-3-4-8-14(13)18(16)26-20/h3-12H,2H2,1H3,(H,21,22,23). The number of amides is 1. The van der Waals surface area contributed by atoms with Crippen LogP contribution in [0.1, 0.15) is 17.3 Å². The number of thiazole rings is 1. The number of rotatable bonds is 4. The molecule has 4 aromatic rings. The van der Waals surface area contributed by atoms with E-state index in [9.17, 15) is 13.2 Å². The zero-order valence-corrected chi connectivity index (χ0v) is 16.1. The van der Waals surface area contributed by atoms with E-state index in [0.29, 0.717) is 5.13 Å². The van der Waals surface area contributed by atoms with E-state index in [-0.39, 0.29) is 16.2 Å². The molecule has 0 aliphatic heterocycles. The Morgan fingerprint density at radius 3 is 2.59 bits per heavy atom. The topological polar surface area (TPSA) is 76.1 Å². The summed E-state index contributed by atoms with van der Waals surface area (Å²) in [6.07, 6.45) is 0. The van der Waals surface area contributed by atoms with Crippen molar-refractivity contribution in [3.63, 3.8) is 0 Å². The second kappa shape index (κ2) is 6.75. The molecular weight excluding hydrogens is 380 g/mol. The van der Waals surface area contributed by atoms with Crippen LogP contribution in [0, 0.1) is 0 Å². The summed E-state index contributed by atoms with van der Waals surface area (Å²) < 4.78 is 25.5. The van der Waals surface area contributed by atoms with E-state index in [1.807, 2.05) is 36.4 Å². The van der Waals surface area contributed by atoms with Gasteiger partial charge in [0, 0.05) is 5.39 Å². The van der Waals surface area contributed by atoms with Gasteiger partial charge in [0.25, 0.3) is 5.91 Å². The van der Waals surface area contributed by atoms with Gasteiger partial charge in [-0.25, -0.2) is 13.4 Å². The van der Waals surface area contributed by atoms with Crippen molar-refractivity contribution < 1.29 is 13.2 Å². The molecule has 5 nitrogen and oxygen atoms in total. The first-order chi connectivity index (χ1) is 13.0. The van der Waals surface area contributed by atoms with E-state index in [1.165, 1.54) is 23.5 Å². The third kappa shape index (κ3) is 3.20. The van der Waals surface area contributed by atoms with Gasteiger partial charge in [-0.05, 0) is 23.6 Å². The molecule has 0 saturated heterocycles. The number of sulfone groups is 1. The third-order valence-corrected chi connectivity index (χ3v) is 7.15. The van der Waals surface area contributed by atoms with E-state index in [4.69, 9.17) is 0 Å². The molecule has 7 heteroatoms. The van der Waals surface area contributed by atoms with Gasteiger partial charge in [0.1, 0.15) is 0 Å². The number of anilines is 1. The van der Waals surface area contributed by atoms with Crippen molar-refractivity contribution in [2.75, 3.05) is 11.1 Å². The van der Waals surface area contributed by atoms with E-state index < -0.39 is 15.7 Å². The number of nitrogens with one attached hydrogen (secondary N) is 1. The molecule has 1 amide bonds. The molecule has 0 spiro atoms. The second-order valence-electron chi connectivity index (χ2n) is 6.01. The molecule has 0 saturated carbocycles. The fourth-order valence-electron chi connectivity index (χ4n) is 2.95. The van der Waals surface area contributed by atoms with Crippen molar-refractivity contribution in [3.05, 3.63) is 66.2 Å². The molecule has 0 aliphatic carbocycles. The summed E-state index contributed by atoms with van der Waals surface area (Å²) >= 11 is 1.38. The minimum absolute atomic E-state index is 0.0385. The highest BCUT2D eigenvalue weighted by Crippen LogP contribution is 2.33. The Morgan fingerprint density at radius 1 is 1.04 bits per heavy atom. The highest BCUT2D eigenvalue weighted by molar-refractivity contribution is 7.91. The molecule has 0 bridgehead atoms. The van der Waals surface area contributed by atoms with Crippen LogP contribution in [0.15, 0.2) is 65.6 Å². The third-order valence-electron chi connectivity index (χ3n) is 4.35. The molecular formula is C20H16N2O3S2. The molecule has 3 aromatic carbocycles. The molecule has 1 N–H and O–H groups in total. The molecule has 0 aliphatic rings. The lowest BCUT2D eigenvalue weighted by atomic mass is 10.1. The van der Waals surface area contributed by atoms with Crippen molar-refractivity contribution in [2.24, 2.45) is 0 Å². The van der Waals surface area contributed by atoms with Crippen LogP contribution in [0.3, 0.4) is 0 Å². The van der Waals surface area contributed by atoms with Gasteiger partial charge in [-0.3, -0.25) is 10.1 Å². The lowest BCUT2D eigenvalue weighted by molar-refractivity contribution is 0.102. The number of benzene rings is 3. The van der Waals surface area contributed by atoms with Crippen LogP contribution in [0.2, 0.25) is 0 Å². The Labute approximate surface area is 160 Å². The number of carbonyl (C=O) groups excluding carboxylic acids is 1. The molecule has 1 aromatic heterocycles. The first-order valence-electron chi connectivity index (χ1n) is 8.41. The molecule has 0 unspecified atom stereocenters. The van der Waals surface area contributed by atoms with Crippen LogP contribution in [-0.4, -0.2) is 25.1 Å². The fourth-order valence-corrected chi connectivity index (χ4v) is 5.04. The minimum atomic E-state index is -3.50. The van der Waals surface area contributed by atoms with Crippen LogP contribution in [0.5, 0.6) is 0 Å². The summed E-state index contributed by atoms with van der Waals surface area (Å²) in [5, 5.41) is 5.37. The van der Waals surface area contributed by atoms with Crippen molar-refractivity contribution in [1.82, 2.24) is 4.98 Å². The average molecular weight is 396 g/mol. The van der Waals surface area contributed by atoms with E-state index >= 15 is 0 Å². The number of hydrogen-bond acceptors (Lipinski definition) is 5.